The molecular formula is C16H15ClN2S. The highest BCUT2D eigenvalue weighted by Crippen LogP contribution is 2.34. The fourth-order valence-corrected chi connectivity index (χ4v) is 4.35. The minimum Gasteiger partial charge on any atom is -0.294 e. The van der Waals surface area contributed by atoms with Crippen LogP contribution in [0.4, 0.5) is 0 Å². The lowest BCUT2D eigenvalue weighted by Crippen LogP contribution is -2.10. The number of rotatable bonds is 1. The number of thiazole rings is 1. The standard InChI is InChI=1S/C16H15ClN2S/c1-10-2-7-14-15(8-10)20-16-18-13(9-19(14)16)11-3-5-12(17)6-4-11/h3-6,9-10H,2,7-8H2,1H3/t10-/m0/s1. The van der Waals surface area contributed by atoms with E-state index >= 15 is 0 Å². The van der Waals surface area contributed by atoms with E-state index in [0.717, 1.165) is 27.2 Å². The van der Waals surface area contributed by atoms with Crippen molar-refractivity contribution in [3.05, 3.63) is 46.1 Å². The number of nitrogens with zero attached hydrogens (tertiary/aromatic N) is 2. The average molecular weight is 303 g/mol. The number of hydrogen-bond acceptors (Lipinski definition) is 2. The summed E-state index contributed by atoms with van der Waals surface area (Å²) >= 11 is 7.79. The molecule has 1 aromatic carbocycles. The molecule has 0 unspecified atom stereocenters. The van der Waals surface area contributed by atoms with Gasteiger partial charge in [0.2, 0.25) is 0 Å². The minimum atomic E-state index is 0.765. The van der Waals surface area contributed by atoms with Crippen molar-refractivity contribution in [2.24, 2.45) is 5.92 Å². The lowest BCUT2D eigenvalue weighted by molar-refractivity contribution is 0.499. The van der Waals surface area contributed by atoms with Gasteiger partial charge in [0.1, 0.15) is 0 Å². The summed E-state index contributed by atoms with van der Waals surface area (Å²) in [5.74, 6) is 0.807. The summed E-state index contributed by atoms with van der Waals surface area (Å²) in [5, 5.41) is 0.765. The molecule has 1 aliphatic rings. The third-order valence-electron chi connectivity index (χ3n) is 4.05. The number of hydrogen-bond donors (Lipinski definition) is 0. The van der Waals surface area contributed by atoms with Gasteiger partial charge in [0.05, 0.1) is 5.69 Å². The number of benzene rings is 1. The number of fused-ring (bicyclic) bond motifs is 3. The zero-order valence-electron chi connectivity index (χ0n) is 11.3. The maximum absolute atomic E-state index is 5.94. The Balaban J connectivity index is 1.80. The highest BCUT2D eigenvalue weighted by Gasteiger charge is 2.21. The van der Waals surface area contributed by atoms with Crippen LogP contribution < -0.4 is 0 Å². The van der Waals surface area contributed by atoms with E-state index in [0.29, 0.717) is 0 Å². The second-order valence-corrected chi connectivity index (χ2v) is 7.10. The van der Waals surface area contributed by atoms with Crippen molar-refractivity contribution in [2.45, 2.75) is 26.2 Å². The van der Waals surface area contributed by atoms with Crippen LogP contribution in [0.25, 0.3) is 16.2 Å². The number of aromatic nitrogens is 2. The molecule has 20 heavy (non-hydrogen) atoms. The van der Waals surface area contributed by atoms with Crippen LogP contribution in [0, 0.1) is 5.92 Å². The normalized spacial score (nSPS) is 18.4. The fourth-order valence-electron chi connectivity index (χ4n) is 2.91. The first-order chi connectivity index (χ1) is 9.70. The summed E-state index contributed by atoms with van der Waals surface area (Å²) in [4.78, 5) is 7.42. The molecule has 1 atom stereocenters. The van der Waals surface area contributed by atoms with E-state index in [4.69, 9.17) is 16.6 Å². The van der Waals surface area contributed by atoms with Crippen LogP contribution in [-0.2, 0) is 12.8 Å². The number of imidazole rings is 1. The van der Waals surface area contributed by atoms with Gasteiger partial charge in [0, 0.05) is 27.4 Å². The molecule has 2 aromatic heterocycles. The molecule has 2 heterocycles. The molecule has 0 saturated heterocycles. The zero-order chi connectivity index (χ0) is 13.7. The molecule has 4 heteroatoms. The smallest absolute Gasteiger partial charge is 0.194 e. The van der Waals surface area contributed by atoms with Crippen molar-refractivity contribution in [3.8, 4) is 11.3 Å². The van der Waals surface area contributed by atoms with E-state index in [2.05, 4.69) is 17.5 Å². The predicted octanol–water partition coefficient (Wildman–Crippen LogP) is 4.84. The lowest BCUT2D eigenvalue weighted by atomic mass is 9.93. The first kappa shape index (κ1) is 12.4. The molecule has 0 bridgehead atoms. The topological polar surface area (TPSA) is 17.3 Å². The van der Waals surface area contributed by atoms with Crippen LogP contribution in [0.5, 0.6) is 0 Å². The molecule has 0 aliphatic heterocycles. The Morgan fingerprint density at radius 2 is 2.10 bits per heavy atom. The molecule has 0 fully saturated rings. The summed E-state index contributed by atoms with van der Waals surface area (Å²) in [6.45, 7) is 2.34. The van der Waals surface area contributed by atoms with Gasteiger partial charge in [0.15, 0.2) is 4.96 Å². The predicted molar refractivity (Wildman–Crippen MR) is 84.7 cm³/mol. The maximum atomic E-state index is 5.94. The Morgan fingerprint density at radius 3 is 2.90 bits per heavy atom. The van der Waals surface area contributed by atoms with E-state index in [1.807, 2.05) is 35.6 Å². The molecule has 0 N–H and O–H groups in total. The first-order valence-electron chi connectivity index (χ1n) is 6.96. The van der Waals surface area contributed by atoms with Crippen LogP contribution in [0.3, 0.4) is 0 Å². The van der Waals surface area contributed by atoms with Crippen LogP contribution in [-0.4, -0.2) is 9.38 Å². The lowest BCUT2D eigenvalue weighted by Gasteiger charge is -2.17. The molecule has 0 amide bonds. The Morgan fingerprint density at radius 1 is 1.30 bits per heavy atom. The summed E-state index contributed by atoms with van der Waals surface area (Å²) in [5.41, 5.74) is 3.63. The van der Waals surface area contributed by atoms with Gasteiger partial charge in [-0.05, 0) is 37.3 Å². The van der Waals surface area contributed by atoms with Crippen LogP contribution in [0.1, 0.15) is 23.9 Å². The van der Waals surface area contributed by atoms with Gasteiger partial charge < -0.3 is 0 Å². The van der Waals surface area contributed by atoms with E-state index in [1.54, 1.807) is 0 Å². The number of aryl methyl sites for hydroxylation is 1. The van der Waals surface area contributed by atoms with Gasteiger partial charge in [-0.2, -0.15) is 0 Å². The van der Waals surface area contributed by atoms with Crippen molar-refractivity contribution < 1.29 is 0 Å². The largest absolute Gasteiger partial charge is 0.294 e. The second-order valence-electron chi connectivity index (χ2n) is 5.61. The molecule has 2 nitrogen and oxygen atoms in total. The molecule has 0 radical (unpaired) electrons. The van der Waals surface area contributed by atoms with E-state index < -0.39 is 0 Å². The molecule has 0 saturated carbocycles. The molecule has 4 rings (SSSR count). The maximum Gasteiger partial charge on any atom is 0.194 e. The quantitative estimate of drug-likeness (QED) is 0.628. The molecule has 102 valence electrons. The third kappa shape index (κ3) is 1.97. The van der Waals surface area contributed by atoms with Gasteiger partial charge >= 0.3 is 0 Å². The second kappa shape index (κ2) is 4.61. The van der Waals surface area contributed by atoms with Gasteiger partial charge in [-0.3, -0.25) is 4.40 Å². The van der Waals surface area contributed by atoms with E-state index in [9.17, 15) is 0 Å². The third-order valence-corrected chi connectivity index (χ3v) is 5.42. The monoisotopic (exact) mass is 302 g/mol. The zero-order valence-corrected chi connectivity index (χ0v) is 12.8. The SMILES string of the molecule is C[C@H]1CCc2c(sc3nc(-c4ccc(Cl)cc4)cn23)C1. The summed E-state index contributed by atoms with van der Waals surface area (Å²) in [6, 6.07) is 7.90. The molecule has 1 aliphatic carbocycles. The minimum absolute atomic E-state index is 0.765. The summed E-state index contributed by atoms with van der Waals surface area (Å²) < 4.78 is 2.29. The highest BCUT2D eigenvalue weighted by molar-refractivity contribution is 7.17. The highest BCUT2D eigenvalue weighted by atomic mass is 35.5. The van der Waals surface area contributed by atoms with Crippen LogP contribution >= 0.6 is 22.9 Å². The van der Waals surface area contributed by atoms with Crippen molar-refractivity contribution in [3.63, 3.8) is 0 Å². The van der Waals surface area contributed by atoms with E-state index in [-0.39, 0.29) is 0 Å². The van der Waals surface area contributed by atoms with Crippen molar-refractivity contribution in [2.75, 3.05) is 0 Å². The molecular weight excluding hydrogens is 288 g/mol. The number of halogens is 1. The summed E-state index contributed by atoms with van der Waals surface area (Å²) in [6.07, 6.45) is 5.84. The van der Waals surface area contributed by atoms with Crippen LogP contribution in [0.2, 0.25) is 5.02 Å². The van der Waals surface area contributed by atoms with E-state index in [1.165, 1.54) is 29.8 Å². The van der Waals surface area contributed by atoms with Gasteiger partial charge in [-0.25, -0.2) is 4.98 Å². The van der Waals surface area contributed by atoms with Gasteiger partial charge in [-0.1, -0.05) is 30.7 Å². The molecule has 3 aromatic rings. The van der Waals surface area contributed by atoms with Crippen molar-refractivity contribution in [1.82, 2.24) is 9.38 Å². The van der Waals surface area contributed by atoms with Crippen molar-refractivity contribution in [1.29, 1.82) is 0 Å². The first-order valence-corrected chi connectivity index (χ1v) is 8.16. The van der Waals surface area contributed by atoms with Gasteiger partial charge in [0.25, 0.3) is 0 Å². The Labute approximate surface area is 127 Å². The Kier molecular flexibility index (Phi) is 2.86. The van der Waals surface area contributed by atoms with Gasteiger partial charge in [-0.15, -0.1) is 11.3 Å². The van der Waals surface area contributed by atoms with Crippen molar-refractivity contribution >= 4 is 27.9 Å². The Bertz CT molecular complexity index is 770. The van der Waals surface area contributed by atoms with Crippen LogP contribution in [0.15, 0.2) is 30.5 Å². The Hall–Kier alpha value is -1.32. The average Bonchev–Trinajstić information content (AvgIpc) is 2.96. The fraction of sp³-hybridized carbons (Fsp3) is 0.312. The summed E-state index contributed by atoms with van der Waals surface area (Å²) in [7, 11) is 0. The molecule has 0 spiro atoms.